The first-order valence-electron chi connectivity index (χ1n) is 3.04. The summed E-state index contributed by atoms with van der Waals surface area (Å²) in [6, 6.07) is 7.07. The van der Waals surface area contributed by atoms with E-state index in [9.17, 15) is 8.42 Å². The molecule has 0 heterocycles. The molecule has 1 aromatic carbocycles. The maximum Gasteiger partial charge on any atom is 0.306 e. The predicted octanol–water partition coefficient (Wildman–Crippen LogP) is 1.48. The van der Waals surface area contributed by atoms with Crippen LogP contribution in [0.3, 0.4) is 0 Å². The van der Waals surface area contributed by atoms with Gasteiger partial charge in [0.25, 0.3) is 0 Å². The van der Waals surface area contributed by atoms with Crippen molar-refractivity contribution in [1.82, 2.24) is 0 Å². The second kappa shape index (κ2) is 3.33. The summed E-state index contributed by atoms with van der Waals surface area (Å²) in [6.07, 6.45) is 0.958. The molecule has 0 fully saturated rings. The Balaban J connectivity index is 2.98. The van der Waals surface area contributed by atoms with Gasteiger partial charge < -0.3 is 4.18 Å². The molecule has 0 amide bonds. The summed E-state index contributed by atoms with van der Waals surface area (Å²) in [7, 11) is -3.50. The lowest BCUT2D eigenvalue weighted by Gasteiger charge is -2.02. The second-order valence-corrected chi connectivity index (χ2v) is 4.13. The van der Waals surface area contributed by atoms with Gasteiger partial charge in [-0.3, -0.25) is 0 Å². The molecule has 0 spiro atoms. The summed E-state index contributed by atoms with van der Waals surface area (Å²) in [6.45, 7) is 0. The van der Waals surface area contributed by atoms with Crippen LogP contribution in [0.25, 0.3) is 0 Å². The molecule has 65 valence electrons. The first-order valence-corrected chi connectivity index (χ1v) is 5.23. The van der Waals surface area contributed by atoms with Crippen LogP contribution < -0.4 is 4.18 Å². The van der Waals surface area contributed by atoms with E-state index in [4.69, 9.17) is 11.6 Å². The zero-order chi connectivity index (χ0) is 9.19. The van der Waals surface area contributed by atoms with Crippen LogP contribution in [0.2, 0.25) is 5.02 Å². The highest BCUT2D eigenvalue weighted by Gasteiger charge is 2.06. The number of rotatable bonds is 2. The van der Waals surface area contributed by atoms with Gasteiger partial charge in [0.1, 0.15) is 0 Å². The summed E-state index contributed by atoms with van der Waals surface area (Å²) in [5, 5.41) is 0.225. The molecule has 12 heavy (non-hydrogen) atoms. The van der Waals surface area contributed by atoms with E-state index in [0.29, 0.717) is 0 Å². The van der Waals surface area contributed by atoms with Gasteiger partial charge in [-0.1, -0.05) is 17.7 Å². The van der Waals surface area contributed by atoms with Crippen molar-refractivity contribution in [3.8, 4) is 5.75 Å². The summed E-state index contributed by atoms with van der Waals surface area (Å²) >= 11 is 5.61. The molecule has 5 heteroatoms. The molecule has 0 saturated heterocycles. The van der Waals surface area contributed by atoms with Gasteiger partial charge in [-0.25, -0.2) is 0 Å². The van der Waals surface area contributed by atoms with E-state index < -0.39 is 10.1 Å². The second-order valence-electron chi connectivity index (χ2n) is 2.14. The first kappa shape index (κ1) is 9.35. The fourth-order valence-corrected chi connectivity index (χ4v) is 1.31. The Labute approximate surface area is 76.0 Å². The number of halogens is 1. The Bertz CT molecular complexity index is 372. The van der Waals surface area contributed by atoms with Gasteiger partial charge in [-0.15, -0.1) is 0 Å². The molecule has 1 radical (unpaired) electrons. The summed E-state index contributed by atoms with van der Waals surface area (Å²) in [4.78, 5) is 0. The molecular formula is C7H6ClO3S. The highest BCUT2D eigenvalue weighted by atomic mass is 35.5. The Kier molecular flexibility index (Phi) is 2.59. The molecule has 0 unspecified atom stereocenters. The van der Waals surface area contributed by atoms with Gasteiger partial charge >= 0.3 is 10.1 Å². The SMILES string of the molecule is CS(=O)(=O)Oc1cc[c]cc1Cl. The molecule has 1 rings (SSSR count). The minimum Gasteiger partial charge on any atom is -0.381 e. The van der Waals surface area contributed by atoms with E-state index in [-0.39, 0.29) is 10.8 Å². The zero-order valence-corrected chi connectivity index (χ0v) is 7.82. The maximum atomic E-state index is 10.7. The quantitative estimate of drug-likeness (QED) is 0.687. The Morgan fingerprint density at radius 2 is 2.25 bits per heavy atom. The highest BCUT2D eigenvalue weighted by molar-refractivity contribution is 7.86. The van der Waals surface area contributed by atoms with Crippen molar-refractivity contribution in [2.24, 2.45) is 0 Å². The molecule has 0 N–H and O–H groups in total. The third-order valence-electron chi connectivity index (χ3n) is 1.02. The normalized spacial score (nSPS) is 11.2. The van der Waals surface area contributed by atoms with Crippen LogP contribution in [0.15, 0.2) is 18.2 Å². The van der Waals surface area contributed by atoms with Crippen molar-refractivity contribution in [1.29, 1.82) is 0 Å². The van der Waals surface area contributed by atoms with Gasteiger partial charge in [0.15, 0.2) is 5.75 Å². The van der Waals surface area contributed by atoms with Crippen LogP contribution in [0.1, 0.15) is 0 Å². The van der Waals surface area contributed by atoms with E-state index >= 15 is 0 Å². The van der Waals surface area contributed by atoms with Gasteiger partial charge in [0, 0.05) is 0 Å². The van der Waals surface area contributed by atoms with Crippen molar-refractivity contribution in [3.05, 3.63) is 29.3 Å². The molecule has 0 aromatic heterocycles. The third-order valence-corrected chi connectivity index (χ3v) is 1.80. The van der Waals surface area contributed by atoms with E-state index in [0.717, 1.165) is 6.26 Å². The fourth-order valence-electron chi connectivity index (χ4n) is 0.626. The summed E-state index contributed by atoms with van der Waals surface area (Å²) in [5.41, 5.74) is 0. The number of hydrogen-bond acceptors (Lipinski definition) is 3. The molecule has 0 bridgehead atoms. The number of hydrogen-bond donors (Lipinski definition) is 0. The largest absolute Gasteiger partial charge is 0.381 e. The smallest absolute Gasteiger partial charge is 0.306 e. The third kappa shape index (κ3) is 2.71. The first-order chi connectivity index (χ1) is 5.49. The van der Waals surface area contributed by atoms with Crippen molar-refractivity contribution in [2.75, 3.05) is 6.26 Å². The predicted molar refractivity (Wildman–Crippen MR) is 45.8 cm³/mol. The van der Waals surface area contributed by atoms with Crippen LogP contribution >= 0.6 is 11.6 Å². The van der Waals surface area contributed by atoms with Gasteiger partial charge in [0.05, 0.1) is 11.3 Å². The minimum atomic E-state index is -3.50. The Morgan fingerprint density at radius 3 is 2.75 bits per heavy atom. The molecule has 3 nitrogen and oxygen atoms in total. The lowest BCUT2D eigenvalue weighted by Crippen LogP contribution is -2.05. The van der Waals surface area contributed by atoms with E-state index in [1.165, 1.54) is 18.2 Å². The number of benzene rings is 1. The van der Waals surface area contributed by atoms with Gasteiger partial charge in [-0.2, -0.15) is 8.42 Å². The molecule has 1 aromatic rings. The Morgan fingerprint density at radius 1 is 1.58 bits per heavy atom. The standard InChI is InChI=1S/C7H6ClO3S/c1-12(9,10)11-7-5-3-2-4-6(7)8/h3-5H,1H3. The van der Waals surface area contributed by atoms with Gasteiger partial charge in [0.2, 0.25) is 0 Å². The summed E-state index contributed by atoms with van der Waals surface area (Å²) < 4.78 is 25.9. The van der Waals surface area contributed by atoms with E-state index in [1.54, 1.807) is 0 Å². The average molecular weight is 206 g/mol. The van der Waals surface area contributed by atoms with Gasteiger partial charge in [-0.05, 0) is 18.2 Å². The lowest BCUT2D eigenvalue weighted by atomic mass is 10.3. The van der Waals surface area contributed by atoms with Crippen LogP contribution in [0, 0.1) is 6.07 Å². The van der Waals surface area contributed by atoms with Crippen LogP contribution in [0.4, 0.5) is 0 Å². The molecule has 0 saturated carbocycles. The van der Waals surface area contributed by atoms with Crippen LogP contribution in [-0.2, 0) is 10.1 Å². The molecular weight excluding hydrogens is 200 g/mol. The zero-order valence-electron chi connectivity index (χ0n) is 6.24. The van der Waals surface area contributed by atoms with Crippen LogP contribution in [0.5, 0.6) is 5.75 Å². The lowest BCUT2D eigenvalue weighted by molar-refractivity contribution is 0.493. The molecule has 0 atom stereocenters. The molecule has 0 aliphatic rings. The average Bonchev–Trinajstić information content (AvgIpc) is 1.91. The Hall–Kier alpha value is -0.740. The van der Waals surface area contributed by atoms with E-state index in [1.807, 2.05) is 0 Å². The van der Waals surface area contributed by atoms with Crippen molar-refractivity contribution >= 4 is 21.7 Å². The minimum absolute atomic E-state index is 0.123. The van der Waals surface area contributed by atoms with Crippen LogP contribution in [-0.4, -0.2) is 14.7 Å². The van der Waals surface area contributed by atoms with Crippen molar-refractivity contribution in [3.63, 3.8) is 0 Å². The summed E-state index contributed by atoms with van der Waals surface area (Å²) in [5.74, 6) is 0.123. The topological polar surface area (TPSA) is 43.4 Å². The molecule has 0 aliphatic heterocycles. The highest BCUT2D eigenvalue weighted by Crippen LogP contribution is 2.23. The maximum absolute atomic E-state index is 10.7. The molecule has 0 aliphatic carbocycles. The monoisotopic (exact) mass is 205 g/mol. The fraction of sp³-hybridized carbons (Fsp3) is 0.143. The van der Waals surface area contributed by atoms with E-state index in [2.05, 4.69) is 10.2 Å². The van der Waals surface area contributed by atoms with Crippen molar-refractivity contribution in [2.45, 2.75) is 0 Å². The van der Waals surface area contributed by atoms with Crippen molar-refractivity contribution < 1.29 is 12.6 Å².